The third kappa shape index (κ3) is 3.58. The molecule has 1 saturated heterocycles. The van der Waals surface area contributed by atoms with Crippen LogP contribution < -0.4 is 11.1 Å². The fraction of sp³-hybridized carbons (Fsp3) is 0.526. The number of nitrogens with zero attached hydrogens (tertiary/aromatic N) is 4. The van der Waals surface area contributed by atoms with Gasteiger partial charge in [-0.25, -0.2) is 4.98 Å². The Kier molecular flexibility index (Phi) is 4.41. The zero-order valence-corrected chi connectivity index (χ0v) is 15.7. The molecule has 0 unspecified atom stereocenters. The zero-order valence-electron chi connectivity index (χ0n) is 15.7. The average Bonchev–Trinajstić information content (AvgIpc) is 2.53. The number of likely N-dealkylation sites (tertiary alicyclic amines) is 1. The van der Waals surface area contributed by atoms with E-state index in [0.717, 1.165) is 29.8 Å². The molecule has 0 radical (unpaired) electrons. The normalized spacial score (nSPS) is 20.4. The number of hydrogen-bond donors (Lipinski definition) is 2. The summed E-state index contributed by atoms with van der Waals surface area (Å²) in [7, 11) is 2.21. The minimum Gasteiger partial charge on any atom is -0.368 e. The Morgan fingerprint density at radius 1 is 1.16 bits per heavy atom. The SMILES string of the molecule is CN1C(C)(C)CC(Nc2nc(N)ncc2-c2cccnc2)CC1(C)C. The van der Waals surface area contributed by atoms with E-state index in [9.17, 15) is 0 Å². The molecule has 1 aliphatic rings. The van der Waals surface area contributed by atoms with Gasteiger partial charge in [-0.2, -0.15) is 4.98 Å². The van der Waals surface area contributed by atoms with Gasteiger partial charge < -0.3 is 11.1 Å². The van der Waals surface area contributed by atoms with E-state index in [2.05, 4.69) is 59.9 Å². The third-order valence-electron chi connectivity index (χ3n) is 5.43. The lowest BCUT2D eigenvalue weighted by atomic mass is 9.77. The summed E-state index contributed by atoms with van der Waals surface area (Å²) in [6.45, 7) is 9.16. The third-order valence-corrected chi connectivity index (χ3v) is 5.43. The maximum absolute atomic E-state index is 5.85. The van der Waals surface area contributed by atoms with Crippen molar-refractivity contribution in [1.29, 1.82) is 0 Å². The first-order valence-electron chi connectivity index (χ1n) is 8.72. The Morgan fingerprint density at radius 2 is 1.84 bits per heavy atom. The van der Waals surface area contributed by atoms with E-state index in [1.165, 1.54) is 0 Å². The van der Waals surface area contributed by atoms with Gasteiger partial charge >= 0.3 is 0 Å². The van der Waals surface area contributed by atoms with Crippen molar-refractivity contribution in [2.45, 2.75) is 57.7 Å². The van der Waals surface area contributed by atoms with Crippen LogP contribution in [-0.4, -0.2) is 44.0 Å². The van der Waals surface area contributed by atoms with E-state index in [-0.39, 0.29) is 17.0 Å². The first kappa shape index (κ1) is 17.6. The molecule has 3 N–H and O–H groups in total. The lowest BCUT2D eigenvalue weighted by molar-refractivity contribution is -0.00771. The summed E-state index contributed by atoms with van der Waals surface area (Å²) in [5, 5.41) is 3.64. The Morgan fingerprint density at radius 3 is 2.44 bits per heavy atom. The topological polar surface area (TPSA) is 80.0 Å². The van der Waals surface area contributed by atoms with Crippen LogP contribution in [0.15, 0.2) is 30.7 Å². The maximum Gasteiger partial charge on any atom is 0.221 e. The summed E-state index contributed by atoms with van der Waals surface area (Å²) >= 11 is 0. The molecule has 0 saturated carbocycles. The summed E-state index contributed by atoms with van der Waals surface area (Å²) < 4.78 is 0. The highest BCUT2D eigenvalue weighted by Crippen LogP contribution is 2.38. The molecule has 2 aromatic heterocycles. The van der Waals surface area contributed by atoms with Gasteiger partial charge in [-0.1, -0.05) is 6.07 Å². The second kappa shape index (κ2) is 6.26. The Labute approximate surface area is 149 Å². The number of nitrogens with one attached hydrogen (secondary N) is 1. The van der Waals surface area contributed by atoms with Crippen molar-refractivity contribution < 1.29 is 0 Å². The van der Waals surface area contributed by atoms with Crippen LogP contribution in [0.3, 0.4) is 0 Å². The maximum atomic E-state index is 5.85. The molecule has 1 fully saturated rings. The lowest BCUT2D eigenvalue weighted by Gasteiger charge is -2.53. The van der Waals surface area contributed by atoms with Crippen molar-refractivity contribution in [3.8, 4) is 11.1 Å². The van der Waals surface area contributed by atoms with Gasteiger partial charge in [-0.3, -0.25) is 9.88 Å². The van der Waals surface area contributed by atoms with E-state index in [1.807, 2.05) is 18.3 Å². The average molecular weight is 340 g/mol. The Bertz CT molecular complexity index is 723. The van der Waals surface area contributed by atoms with E-state index in [1.54, 1.807) is 12.4 Å². The second-order valence-electron chi connectivity index (χ2n) is 8.17. The van der Waals surface area contributed by atoms with E-state index in [0.29, 0.717) is 6.04 Å². The molecule has 0 atom stereocenters. The van der Waals surface area contributed by atoms with Crippen LogP contribution in [0, 0.1) is 0 Å². The van der Waals surface area contributed by atoms with E-state index in [4.69, 9.17) is 5.73 Å². The number of nitrogen functional groups attached to an aromatic ring is 1. The quantitative estimate of drug-likeness (QED) is 0.893. The highest BCUT2D eigenvalue weighted by Gasteiger charge is 2.43. The predicted molar refractivity (Wildman–Crippen MR) is 102 cm³/mol. The van der Waals surface area contributed by atoms with Crippen LogP contribution in [0.4, 0.5) is 11.8 Å². The van der Waals surface area contributed by atoms with Crippen molar-refractivity contribution in [2.24, 2.45) is 0 Å². The molecule has 3 heterocycles. The number of hydrogen-bond acceptors (Lipinski definition) is 6. The van der Waals surface area contributed by atoms with Crippen molar-refractivity contribution in [2.75, 3.05) is 18.1 Å². The molecule has 0 spiro atoms. The highest BCUT2D eigenvalue weighted by atomic mass is 15.3. The zero-order chi connectivity index (χ0) is 18.2. The standard InChI is InChI=1S/C19H28N6/c1-18(2)9-14(10-19(3,4)25(18)5)23-16-15(12-22-17(20)24-16)13-7-6-8-21-11-13/h6-8,11-12,14H,9-10H2,1-5H3,(H3,20,22,23,24). The first-order chi connectivity index (χ1) is 11.7. The number of nitrogens with two attached hydrogens (primary N) is 1. The molecular formula is C19H28N6. The fourth-order valence-corrected chi connectivity index (χ4v) is 3.91. The van der Waals surface area contributed by atoms with Gasteiger partial charge in [0.05, 0.1) is 0 Å². The van der Waals surface area contributed by atoms with Crippen molar-refractivity contribution in [1.82, 2.24) is 19.9 Å². The summed E-state index contributed by atoms with van der Waals surface area (Å²) in [6, 6.07) is 4.23. The molecule has 0 aromatic carbocycles. The van der Waals surface area contributed by atoms with E-state index < -0.39 is 0 Å². The molecule has 0 bridgehead atoms. The van der Waals surface area contributed by atoms with Crippen LogP contribution in [0.5, 0.6) is 0 Å². The molecule has 6 nitrogen and oxygen atoms in total. The molecule has 0 amide bonds. The van der Waals surface area contributed by atoms with Gasteiger partial charge in [-0.05, 0) is 53.7 Å². The van der Waals surface area contributed by atoms with Crippen LogP contribution in [-0.2, 0) is 0 Å². The predicted octanol–water partition coefficient (Wildman–Crippen LogP) is 3.18. The number of aromatic nitrogens is 3. The molecule has 25 heavy (non-hydrogen) atoms. The first-order valence-corrected chi connectivity index (χ1v) is 8.72. The molecule has 2 aromatic rings. The molecule has 6 heteroatoms. The van der Waals surface area contributed by atoms with Crippen LogP contribution in [0.1, 0.15) is 40.5 Å². The van der Waals surface area contributed by atoms with E-state index >= 15 is 0 Å². The largest absolute Gasteiger partial charge is 0.368 e. The summed E-state index contributed by atoms with van der Waals surface area (Å²) in [4.78, 5) is 15.3. The number of rotatable bonds is 3. The van der Waals surface area contributed by atoms with Crippen LogP contribution >= 0.6 is 0 Å². The van der Waals surface area contributed by atoms with Gasteiger partial charge in [0.1, 0.15) is 5.82 Å². The Balaban J connectivity index is 1.92. The van der Waals surface area contributed by atoms with Gasteiger partial charge in [0.2, 0.25) is 5.95 Å². The second-order valence-corrected chi connectivity index (χ2v) is 8.17. The minimum absolute atomic E-state index is 0.104. The smallest absolute Gasteiger partial charge is 0.221 e. The number of anilines is 2. The minimum atomic E-state index is 0.104. The summed E-state index contributed by atoms with van der Waals surface area (Å²) in [5.41, 5.74) is 7.97. The number of pyridine rings is 1. The summed E-state index contributed by atoms with van der Waals surface area (Å²) in [6.07, 6.45) is 7.42. The van der Waals surface area contributed by atoms with Gasteiger partial charge in [-0.15, -0.1) is 0 Å². The Hall–Kier alpha value is -2.21. The molecule has 1 aliphatic heterocycles. The lowest BCUT2D eigenvalue weighted by Crippen LogP contribution is -2.61. The van der Waals surface area contributed by atoms with Crippen LogP contribution in [0.2, 0.25) is 0 Å². The van der Waals surface area contributed by atoms with Crippen molar-refractivity contribution >= 4 is 11.8 Å². The summed E-state index contributed by atoms with van der Waals surface area (Å²) in [5.74, 6) is 1.06. The molecule has 0 aliphatic carbocycles. The van der Waals surface area contributed by atoms with Crippen molar-refractivity contribution in [3.05, 3.63) is 30.7 Å². The monoisotopic (exact) mass is 340 g/mol. The van der Waals surface area contributed by atoms with Crippen LogP contribution in [0.25, 0.3) is 11.1 Å². The van der Waals surface area contributed by atoms with Gasteiger partial charge in [0.25, 0.3) is 0 Å². The molecule has 3 rings (SSSR count). The molecule has 134 valence electrons. The highest BCUT2D eigenvalue weighted by molar-refractivity contribution is 5.74. The van der Waals surface area contributed by atoms with Crippen molar-refractivity contribution in [3.63, 3.8) is 0 Å². The number of piperidine rings is 1. The van der Waals surface area contributed by atoms with Gasteiger partial charge in [0.15, 0.2) is 0 Å². The van der Waals surface area contributed by atoms with Gasteiger partial charge in [0, 0.05) is 46.8 Å². The fourth-order valence-electron chi connectivity index (χ4n) is 3.91. The molecular weight excluding hydrogens is 312 g/mol.